The van der Waals surface area contributed by atoms with Crippen LogP contribution in [-0.4, -0.2) is 23.9 Å². The predicted molar refractivity (Wildman–Crippen MR) is 75.2 cm³/mol. The maximum absolute atomic E-state index is 9.15. The number of rotatable bonds is 7. The number of nitrogens with one attached hydrogen (secondary N) is 1. The van der Waals surface area contributed by atoms with Crippen molar-refractivity contribution < 1.29 is 9.84 Å². The molecule has 0 aliphatic carbocycles. The van der Waals surface area contributed by atoms with Crippen LogP contribution >= 0.6 is 11.6 Å². The Kier molecular flexibility index (Phi) is 6.47. The highest BCUT2D eigenvalue weighted by molar-refractivity contribution is 6.30. The molecule has 2 N–H and O–H groups in total. The molecule has 0 bridgehead atoms. The third kappa shape index (κ3) is 4.84. The highest BCUT2D eigenvalue weighted by Gasteiger charge is 2.09. The zero-order valence-electron chi connectivity index (χ0n) is 11.2. The van der Waals surface area contributed by atoms with Gasteiger partial charge in [0.2, 0.25) is 0 Å². The average molecular weight is 272 g/mol. The summed E-state index contributed by atoms with van der Waals surface area (Å²) < 4.78 is 5.74. The van der Waals surface area contributed by atoms with Crippen molar-refractivity contribution in [2.24, 2.45) is 0 Å². The van der Waals surface area contributed by atoms with Crippen molar-refractivity contribution in [3.05, 3.63) is 28.8 Å². The van der Waals surface area contributed by atoms with Gasteiger partial charge < -0.3 is 15.2 Å². The van der Waals surface area contributed by atoms with Crippen LogP contribution in [0, 0.1) is 0 Å². The molecule has 0 heterocycles. The lowest BCUT2D eigenvalue weighted by atomic mass is 10.1. The van der Waals surface area contributed by atoms with E-state index < -0.39 is 0 Å². The van der Waals surface area contributed by atoms with Gasteiger partial charge in [-0.05, 0) is 38.5 Å². The molecule has 1 aromatic carbocycles. The molecule has 0 fully saturated rings. The van der Waals surface area contributed by atoms with Crippen LogP contribution in [-0.2, 0) is 6.54 Å². The Hall–Kier alpha value is -0.770. The van der Waals surface area contributed by atoms with Crippen LogP contribution in [0.2, 0.25) is 5.02 Å². The highest BCUT2D eigenvalue weighted by Crippen LogP contribution is 2.24. The molecule has 0 saturated carbocycles. The van der Waals surface area contributed by atoms with Crippen LogP contribution in [0.3, 0.4) is 0 Å². The van der Waals surface area contributed by atoms with E-state index in [-0.39, 0.29) is 18.8 Å². The molecule has 0 radical (unpaired) electrons. The Bertz CT molecular complexity index is 365. The normalized spacial score (nSPS) is 12.8. The van der Waals surface area contributed by atoms with Gasteiger partial charge in [0.1, 0.15) is 5.75 Å². The lowest BCUT2D eigenvalue weighted by Gasteiger charge is -2.18. The van der Waals surface area contributed by atoms with Gasteiger partial charge in [-0.25, -0.2) is 0 Å². The second-order valence-electron chi connectivity index (χ2n) is 4.59. The number of ether oxygens (including phenoxy) is 1. The lowest BCUT2D eigenvalue weighted by molar-refractivity contribution is 0.230. The topological polar surface area (TPSA) is 41.5 Å². The molecule has 3 nitrogen and oxygen atoms in total. The van der Waals surface area contributed by atoms with Gasteiger partial charge in [0, 0.05) is 23.2 Å². The minimum absolute atomic E-state index is 0.107. The maximum atomic E-state index is 9.15. The van der Waals surface area contributed by atoms with Gasteiger partial charge in [-0.2, -0.15) is 0 Å². The first-order valence-corrected chi connectivity index (χ1v) is 6.74. The largest absolute Gasteiger partial charge is 0.491 e. The van der Waals surface area contributed by atoms with E-state index in [4.69, 9.17) is 21.4 Å². The van der Waals surface area contributed by atoms with Gasteiger partial charge in [0.05, 0.1) is 12.7 Å². The first kappa shape index (κ1) is 15.3. The van der Waals surface area contributed by atoms with E-state index in [0.29, 0.717) is 11.6 Å². The molecule has 1 atom stereocenters. The summed E-state index contributed by atoms with van der Waals surface area (Å²) in [4.78, 5) is 0. The Morgan fingerprint density at radius 1 is 1.39 bits per heavy atom. The Morgan fingerprint density at radius 2 is 2.11 bits per heavy atom. The number of benzene rings is 1. The maximum Gasteiger partial charge on any atom is 0.124 e. The van der Waals surface area contributed by atoms with E-state index in [2.05, 4.69) is 5.32 Å². The van der Waals surface area contributed by atoms with Crippen molar-refractivity contribution in [1.82, 2.24) is 5.32 Å². The summed E-state index contributed by atoms with van der Waals surface area (Å²) in [7, 11) is 0. The molecule has 0 spiro atoms. The molecule has 0 aliphatic heterocycles. The smallest absolute Gasteiger partial charge is 0.124 e. The number of halogens is 1. The van der Waals surface area contributed by atoms with Crippen molar-refractivity contribution in [2.45, 2.75) is 45.9 Å². The summed E-state index contributed by atoms with van der Waals surface area (Å²) in [5.41, 5.74) is 1.02. The predicted octanol–water partition coefficient (Wildman–Crippen LogP) is 2.99. The fourth-order valence-electron chi connectivity index (χ4n) is 1.65. The Labute approximate surface area is 114 Å². The number of aliphatic hydroxyl groups excluding tert-OH is 1. The van der Waals surface area contributed by atoms with Crippen molar-refractivity contribution in [3.63, 3.8) is 0 Å². The van der Waals surface area contributed by atoms with Crippen LogP contribution < -0.4 is 10.1 Å². The van der Waals surface area contributed by atoms with E-state index in [1.807, 2.05) is 39.0 Å². The zero-order chi connectivity index (χ0) is 13.5. The van der Waals surface area contributed by atoms with Crippen LogP contribution in [0.1, 0.15) is 32.8 Å². The Balaban J connectivity index is 2.75. The summed E-state index contributed by atoms with van der Waals surface area (Å²) in [5, 5.41) is 13.1. The van der Waals surface area contributed by atoms with Gasteiger partial charge in [-0.1, -0.05) is 18.5 Å². The average Bonchev–Trinajstić information content (AvgIpc) is 2.33. The molecule has 0 saturated heterocycles. The van der Waals surface area contributed by atoms with Crippen molar-refractivity contribution >= 4 is 11.6 Å². The van der Waals surface area contributed by atoms with E-state index >= 15 is 0 Å². The molecule has 0 unspecified atom stereocenters. The highest BCUT2D eigenvalue weighted by atomic mass is 35.5. The Morgan fingerprint density at radius 3 is 2.67 bits per heavy atom. The van der Waals surface area contributed by atoms with Gasteiger partial charge in [0.15, 0.2) is 0 Å². The standard InChI is InChI=1S/C14H22ClNO2/c1-4-13(9-17)16-8-11-7-12(15)5-6-14(11)18-10(2)3/h5-7,10,13,16-17H,4,8-9H2,1-3H3/t13-/m1/s1. The molecule has 0 aromatic heterocycles. The van der Waals surface area contributed by atoms with Crippen molar-refractivity contribution in [2.75, 3.05) is 6.61 Å². The zero-order valence-corrected chi connectivity index (χ0v) is 12.0. The molecule has 0 amide bonds. The fourth-order valence-corrected chi connectivity index (χ4v) is 1.84. The molecular weight excluding hydrogens is 250 g/mol. The van der Waals surface area contributed by atoms with E-state index in [9.17, 15) is 0 Å². The number of hydrogen-bond acceptors (Lipinski definition) is 3. The lowest BCUT2D eigenvalue weighted by Crippen LogP contribution is -2.31. The summed E-state index contributed by atoms with van der Waals surface area (Å²) in [6.07, 6.45) is 1.02. The van der Waals surface area contributed by atoms with Crippen LogP contribution in [0.4, 0.5) is 0 Å². The molecule has 4 heteroatoms. The second-order valence-corrected chi connectivity index (χ2v) is 5.02. The second kappa shape index (κ2) is 7.62. The summed E-state index contributed by atoms with van der Waals surface area (Å²) in [5.74, 6) is 0.842. The SMILES string of the molecule is CC[C@H](CO)NCc1cc(Cl)ccc1OC(C)C. The van der Waals surface area contributed by atoms with Gasteiger partial charge in [0.25, 0.3) is 0 Å². The minimum Gasteiger partial charge on any atom is -0.491 e. The van der Waals surface area contributed by atoms with Gasteiger partial charge in [-0.15, -0.1) is 0 Å². The number of aliphatic hydroxyl groups is 1. The molecule has 0 aliphatic rings. The molecular formula is C14H22ClNO2. The third-order valence-corrected chi connectivity index (χ3v) is 2.91. The van der Waals surface area contributed by atoms with Gasteiger partial charge in [-0.3, -0.25) is 0 Å². The van der Waals surface area contributed by atoms with E-state index in [0.717, 1.165) is 17.7 Å². The van der Waals surface area contributed by atoms with Crippen LogP contribution in [0.15, 0.2) is 18.2 Å². The fraction of sp³-hybridized carbons (Fsp3) is 0.571. The first-order chi connectivity index (χ1) is 8.56. The summed E-state index contributed by atoms with van der Waals surface area (Å²) >= 11 is 6.00. The summed E-state index contributed by atoms with van der Waals surface area (Å²) in [6.45, 7) is 6.80. The van der Waals surface area contributed by atoms with Crippen molar-refractivity contribution in [3.8, 4) is 5.75 Å². The molecule has 1 rings (SSSR count). The van der Waals surface area contributed by atoms with Crippen LogP contribution in [0.5, 0.6) is 5.75 Å². The molecule has 18 heavy (non-hydrogen) atoms. The van der Waals surface area contributed by atoms with Crippen LogP contribution in [0.25, 0.3) is 0 Å². The third-order valence-electron chi connectivity index (χ3n) is 2.68. The molecule has 102 valence electrons. The van der Waals surface area contributed by atoms with E-state index in [1.165, 1.54) is 0 Å². The molecule has 1 aromatic rings. The monoisotopic (exact) mass is 271 g/mol. The minimum atomic E-state index is 0.107. The van der Waals surface area contributed by atoms with Gasteiger partial charge >= 0.3 is 0 Å². The summed E-state index contributed by atoms with van der Waals surface area (Å²) in [6, 6.07) is 5.72. The van der Waals surface area contributed by atoms with E-state index in [1.54, 1.807) is 0 Å². The number of hydrogen-bond donors (Lipinski definition) is 2. The quantitative estimate of drug-likeness (QED) is 0.801. The first-order valence-electron chi connectivity index (χ1n) is 6.36. The van der Waals surface area contributed by atoms with Crippen molar-refractivity contribution in [1.29, 1.82) is 0 Å².